The molecule has 1 heterocycles. The number of aromatic nitrogens is 2. The summed E-state index contributed by atoms with van der Waals surface area (Å²) in [6.07, 6.45) is 0.948. The zero-order valence-corrected chi connectivity index (χ0v) is 13.5. The van der Waals surface area contributed by atoms with Crippen LogP contribution >= 0.6 is 0 Å². The van der Waals surface area contributed by atoms with Crippen LogP contribution in [-0.4, -0.2) is 22.2 Å². The lowest BCUT2D eigenvalue weighted by Gasteiger charge is -2.14. The first kappa shape index (κ1) is 15.3. The average molecular weight is 308 g/mol. The number of nitrogens with one attached hydrogen (secondary N) is 1. The van der Waals surface area contributed by atoms with Gasteiger partial charge in [0, 0.05) is 5.56 Å². The summed E-state index contributed by atoms with van der Waals surface area (Å²) < 4.78 is 5.38. The van der Waals surface area contributed by atoms with Gasteiger partial charge in [-0.05, 0) is 42.7 Å². The lowest BCUT2D eigenvalue weighted by atomic mass is 9.98. The van der Waals surface area contributed by atoms with Crippen LogP contribution in [0.15, 0.2) is 48.7 Å². The van der Waals surface area contributed by atoms with E-state index < -0.39 is 6.10 Å². The molecule has 0 aliphatic carbocycles. The van der Waals surface area contributed by atoms with E-state index in [1.54, 1.807) is 13.3 Å². The van der Waals surface area contributed by atoms with Gasteiger partial charge in [0.15, 0.2) is 0 Å². The van der Waals surface area contributed by atoms with Crippen LogP contribution in [0.3, 0.4) is 0 Å². The highest BCUT2D eigenvalue weighted by Crippen LogP contribution is 2.31. The molecule has 2 aromatic carbocycles. The summed E-state index contributed by atoms with van der Waals surface area (Å²) in [5.74, 6) is 1.30. The fraction of sp³-hybridized carbons (Fsp3) is 0.211. The zero-order valence-electron chi connectivity index (χ0n) is 13.5. The molecule has 4 heteroatoms. The number of nitrogens with zero attached hydrogens (tertiary/aromatic N) is 1. The fourth-order valence-corrected chi connectivity index (χ4v) is 2.87. The van der Waals surface area contributed by atoms with Crippen molar-refractivity contribution in [1.29, 1.82) is 0 Å². The van der Waals surface area contributed by atoms with Gasteiger partial charge in [0.1, 0.15) is 17.7 Å². The first-order valence-corrected chi connectivity index (χ1v) is 7.54. The standard InChI is InChI=1S/C19H20N2O2/c1-12-7-6-8-13(2)17(12)18(22)19-20-11-15(21-19)14-9-4-5-10-16(14)23-3/h4-11,18,22H,1-3H3,(H,20,21). The van der Waals surface area contributed by atoms with E-state index in [0.29, 0.717) is 5.82 Å². The van der Waals surface area contributed by atoms with E-state index in [2.05, 4.69) is 9.97 Å². The maximum Gasteiger partial charge on any atom is 0.140 e. The fourth-order valence-electron chi connectivity index (χ4n) is 2.87. The van der Waals surface area contributed by atoms with Crippen LogP contribution in [0.4, 0.5) is 0 Å². The molecular weight excluding hydrogens is 288 g/mol. The van der Waals surface area contributed by atoms with Crippen molar-refractivity contribution >= 4 is 0 Å². The second-order valence-electron chi connectivity index (χ2n) is 5.59. The molecule has 4 nitrogen and oxygen atoms in total. The van der Waals surface area contributed by atoms with Crippen molar-refractivity contribution in [3.8, 4) is 17.0 Å². The minimum absolute atomic E-state index is 0.531. The molecule has 2 N–H and O–H groups in total. The Morgan fingerprint density at radius 2 is 1.74 bits per heavy atom. The number of ether oxygens (including phenoxy) is 1. The van der Waals surface area contributed by atoms with E-state index in [-0.39, 0.29) is 0 Å². The number of para-hydroxylation sites is 1. The number of aliphatic hydroxyl groups is 1. The Morgan fingerprint density at radius 1 is 1.04 bits per heavy atom. The van der Waals surface area contributed by atoms with Gasteiger partial charge in [-0.2, -0.15) is 0 Å². The van der Waals surface area contributed by atoms with Crippen LogP contribution in [0.2, 0.25) is 0 Å². The van der Waals surface area contributed by atoms with E-state index in [9.17, 15) is 5.11 Å². The molecule has 0 fully saturated rings. The number of hydrogen-bond donors (Lipinski definition) is 2. The normalized spacial score (nSPS) is 12.2. The quantitative estimate of drug-likeness (QED) is 0.771. The number of benzene rings is 2. The van der Waals surface area contributed by atoms with Gasteiger partial charge in [0.05, 0.1) is 19.0 Å². The van der Waals surface area contributed by atoms with E-state index in [1.807, 2.05) is 56.3 Å². The Balaban J connectivity index is 1.99. The van der Waals surface area contributed by atoms with Crippen LogP contribution in [0.25, 0.3) is 11.3 Å². The Labute approximate surface area is 135 Å². The first-order valence-electron chi connectivity index (χ1n) is 7.54. The highest BCUT2D eigenvalue weighted by molar-refractivity contribution is 5.66. The Kier molecular flexibility index (Phi) is 4.17. The third-order valence-corrected chi connectivity index (χ3v) is 4.07. The summed E-state index contributed by atoms with van der Waals surface area (Å²) >= 11 is 0. The van der Waals surface area contributed by atoms with Crippen molar-refractivity contribution < 1.29 is 9.84 Å². The summed E-state index contributed by atoms with van der Waals surface area (Å²) in [6, 6.07) is 13.7. The van der Waals surface area contributed by atoms with E-state index in [1.165, 1.54) is 0 Å². The highest BCUT2D eigenvalue weighted by atomic mass is 16.5. The summed E-state index contributed by atoms with van der Waals surface area (Å²) in [7, 11) is 1.64. The smallest absolute Gasteiger partial charge is 0.140 e. The Bertz CT molecular complexity index is 803. The minimum Gasteiger partial charge on any atom is -0.496 e. The van der Waals surface area contributed by atoms with Crippen molar-refractivity contribution in [2.24, 2.45) is 0 Å². The van der Waals surface area contributed by atoms with Crippen LogP contribution in [0.1, 0.15) is 28.6 Å². The monoisotopic (exact) mass is 308 g/mol. The third-order valence-electron chi connectivity index (χ3n) is 4.07. The van der Waals surface area contributed by atoms with Crippen molar-refractivity contribution in [2.45, 2.75) is 20.0 Å². The van der Waals surface area contributed by atoms with Gasteiger partial charge in [-0.15, -0.1) is 0 Å². The summed E-state index contributed by atoms with van der Waals surface area (Å²) in [6.45, 7) is 3.99. The number of aliphatic hydroxyl groups excluding tert-OH is 1. The largest absolute Gasteiger partial charge is 0.496 e. The molecule has 0 radical (unpaired) electrons. The molecule has 118 valence electrons. The Hall–Kier alpha value is -2.59. The second-order valence-corrected chi connectivity index (χ2v) is 5.59. The molecular formula is C19H20N2O2. The SMILES string of the molecule is COc1ccccc1-c1cnc(C(O)c2c(C)cccc2C)[nH]1. The van der Waals surface area contributed by atoms with Gasteiger partial charge >= 0.3 is 0 Å². The van der Waals surface area contributed by atoms with Gasteiger partial charge in [-0.3, -0.25) is 0 Å². The number of aryl methyl sites for hydroxylation is 2. The van der Waals surface area contributed by atoms with E-state index in [0.717, 1.165) is 33.7 Å². The van der Waals surface area contributed by atoms with Crippen LogP contribution in [-0.2, 0) is 0 Å². The Morgan fingerprint density at radius 3 is 2.43 bits per heavy atom. The summed E-state index contributed by atoms with van der Waals surface area (Å²) in [4.78, 5) is 7.58. The molecule has 1 aromatic heterocycles. The highest BCUT2D eigenvalue weighted by Gasteiger charge is 2.19. The molecule has 0 saturated carbocycles. The number of aromatic amines is 1. The number of methoxy groups -OCH3 is 1. The van der Waals surface area contributed by atoms with Crippen molar-refractivity contribution in [1.82, 2.24) is 9.97 Å². The molecule has 0 amide bonds. The number of hydrogen-bond acceptors (Lipinski definition) is 3. The predicted octanol–water partition coefficient (Wildman–Crippen LogP) is 3.78. The van der Waals surface area contributed by atoms with Crippen LogP contribution in [0, 0.1) is 13.8 Å². The number of rotatable bonds is 4. The first-order chi connectivity index (χ1) is 11.1. The molecule has 23 heavy (non-hydrogen) atoms. The second kappa shape index (κ2) is 6.26. The third kappa shape index (κ3) is 2.85. The predicted molar refractivity (Wildman–Crippen MR) is 90.6 cm³/mol. The van der Waals surface area contributed by atoms with Crippen molar-refractivity contribution in [3.05, 3.63) is 71.2 Å². The number of H-pyrrole nitrogens is 1. The molecule has 0 spiro atoms. The van der Waals surface area contributed by atoms with E-state index >= 15 is 0 Å². The van der Waals surface area contributed by atoms with Gasteiger partial charge in [-0.1, -0.05) is 30.3 Å². The maximum atomic E-state index is 10.7. The lowest BCUT2D eigenvalue weighted by Crippen LogP contribution is -2.06. The minimum atomic E-state index is -0.778. The molecule has 1 unspecified atom stereocenters. The maximum absolute atomic E-state index is 10.7. The molecule has 0 bridgehead atoms. The van der Waals surface area contributed by atoms with Crippen molar-refractivity contribution in [2.75, 3.05) is 7.11 Å². The van der Waals surface area contributed by atoms with E-state index in [4.69, 9.17) is 4.74 Å². The van der Waals surface area contributed by atoms with Gasteiger partial charge in [-0.25, -0.2) is 4.98 Å². The molecule has 0 saturated heterocycles. The van der Waals surface area contributed by atoms with Gasteiger partial charge < -0.3 is 14.8 Å². The lowest BCUT2D eigenvalue weighted by molar-refractivity contribution is 0.209. The zero-order chi connectivity index (χ0) is 16.4. The number of imidazole rings is 1. The molecule has 0 aliphatic rings. The average Bonchev–Trinajstić information content (AvgIpc) is 3.04. The summed E-state index contributed by atoms with van der Waals surface area (Å²) in [5, 5.41) is 10.7. The van der Waals surface area contributed by atoms with Crippen LogP contribution in [0.5, 0.6) is 5.75 Å². The van der Waals surface area contributed by atoms with Crippen LogP contribution < -0.4 is 4.74 Å². The molecule has 1 atom stereocenters. The van der Waals surface area contributed by atoms with Gasteiger partial charge in [0.25, 0.3) is 0 Å². The van der Waals surface area contributed by atoms with Crippen molar-refractivity contribution in [3.63, 3.8) is 0 Å². The molecule has 3 rings (SSSR count). The molecule has 3 aromatic rings. The summed E-state index contributed by atoms with van der Waals surface area (Å²) in [5.41, 5.74) is 4.74. The molecule has 0 aliphatic heterocycles. The topological polar surface area (TPSA) is 58.1 Å². The van der Waals surface area contributed by atoms with Gasteiger partial charge in [0.2, 0.25) is 0 Å².